The first-order valence-corrected chi connectivity index (χ1v) is 33.4. The third-order valence-corrected chi connectivity index (χ3v) is 15.7. The van der Waals surface area contributed by atoms with Gasteiger partial charge in [0.25, 0.3) is 0 Å². The first-order valence-electron chi connectivity index (χ1n) is 31.7. The molecule has 4 nitrogen and oxygen atoms in total. The molecule has 0 aromatic heterocycles. The molecule has 0 aliphatic heterocycles. The largest absolute Gasteiger partial charge is 0.317 e. The molecule has 0 fully saturated rings. The minimum atomic E-state index is -4.19. The Morgan fingerprint density at radius 1 is 0.261 bits per heavy atom. The SMILES string of the molecule is CCCCCCCCCCCCCCCCCCC/C=C/[N+](/C=C/CCCCCCCCCCCCCCCCCCC)(/C=C/CCCCCCCCCCCCCCCCCCC)CS(=O)(=O)O. The number of rotatable bonds is 59. The Labute approximate surface area is 435 Å². The lowest BCUT2D eigenvalue weighted by Crippen LogP contribution is -2.36. The Morgan fingerprint density at radius 3 is 0.551 bits per heavy atom. The maximum absolute atomic E-state index is 12.5. The van der Waals surface area contributed by atoms with E-state index in [4.69, 9.17) is 0 Å². The summed E-state index contributed by atoms with van der Waals surface area (Å²) in [5, 5.41) is 0. The van der Waals surface area contributed by atoms with Crippen molar-refractivity contribution in [1.29, 1.82) is 0 Å². The molecule has 1 N–H and O–H groups in total. The standard InChI is InChI=1S/C64H125NO3S/c1-4-7-10-13-16-19-22-25-28-31-34-37-40-43-46-49-52-55-58-61-65(64-69(66,67)68,62-59-56-53-50-47-44-41-38-35-32-29-26-23-20-17-14-11-8-5-2)63-60-57-54-51-48-45-42-39-36-33-30-27-24-21-18-15-12-9-6-3/h58-63H,4-57,64H2,1-3H3/p+1/b61-58+,62-59+,63-60+. The van der Waals surface area contributed by atoms with Crippen LogP contribution >= 0.6 is 0 Å². The smallest absolute Gasteiger partial charge is 0.281 e. The van der Waals surface area contributed by atoms with E-state index in [0.717, 1.165) is 38.5 Å². The number of allylic oxidation sites excluding steroid dienone is 3. The van der Waals surface area contributed by atoms with Crippen LogP contribution in [-0.2, 0) is 10.1 Å². The number of nitrogens with zero attached hydrogens (tertiary/aromatic N) is 1. The van der Waals surface area contributed by atoms with Gasteiger partial charge < -0.3 is 0 Å². The zero-order chi connectivity index (χ0) is 50.1. The van der Waals surface area contributed by atoms with Crippen LogP contribution < -0.4 is 0 Å². The molecule has 0 amide bonds. The van der Waals surface area contributed by atoms with Crippen molar-refractivity contribution in [1.82, 2.24) is 0 Å². The van der Waals surface area contributed by atoms with Gasteiger partial charge in [-0.05, 0) is 56.8 Å². The fourth-order valence-corrected chi connectivity index (χ4v) is 11.2. The van der Waals surface area contributed by atoms with Crippen LogP contribution in [0.25, 0.3) is 0 Å². The molecule has 0 saturated heterocycles. The van der Waals surface area contributed by atoms with E-state index in [9.17, 15) is 13.0 Å². The van der Waals surface area contributed by atoms with Crippen LogP contribution in [0.4, 0.5) is 0 Å². The Bertz CT molecular complexity index is 1060. The lowest BCUT2D eigenvalue weighted by atomic mass is 10.0. The second-order valence-electron chi connectivity index (χ2n) is 22.2. The van der Waals surface area contributed by atoms with E-state index >= 15 is 0 Å². The molecule has 0 aliphatic rings. The van der Waals surface area contributed by atoms with Crippen molar-refractivity contribution in [3.8, 4) is 0 Å². The van der Waals surface area contributed by atoms with Crippen molar-refractivity contribution >= 4 is 10.1 Å². The van der Waals surface area contributed by atoms with Gasteiger partial charge in [0, 0.05) is 0 Å². The van der Waals surface area contributed by atoms with Crippen molar-refractivity contribution < 1.29 is 17.5 Å². The molecular formula is C64H126NO3S+. The van der Waals surface area contributed by atoms with Gasteiger partial charge in [0.2, 0.25) is 5.88 Å². The number of unbranched alkanes of at least 4 members (excludes halogenated alkanes) is 51. The maximum Gasteiger partial charge on any atom is 0.317 e. The van der Waals surface area contributed by atoms with E-state index in [1.807, 2.05) is 18.6 Å². The monoisotopic (exact) mass is 989 g/mol. The van der Waals surface area contributed by atoms with Crippen LogP contribution in [0.2, 0.25) is 0 Å². The summed E-state index contributed by atoms with van der Waals surface area (Å²) in [6.45, 7) is 6.89. The van der Waals surface area contributed by atoms with Crippen molar-refractivity contribution in [2.45, 2.75) is 367 Å². The predicted octanol–water partition coefficient (Wildman–Crippen LogP) is 23.3. The number of hydrogen-bond donors (Lipinski definition) is 1. The molecule has 0 aliphatic carbocycles. The van der Waals surface area contributed by atoms with E-state index in [1.165, 1.54) is 308 Å². The first-order chi connectivity index (χ1) is 33.9. The Kier molecular flexibility index (Phi) is 55.6. The molecule has 0 rings (SSSR count). The van der Waals surface area contributed by atoms with Crippen LogP contribution in [0.3, 0.4) is 0 Å². The van der Waals surface area contributed by atoms with Crippen LogP contribution in [0.1, 0.15) is 367 Å². The zero-order valence-corrected chi connectivity index (χ0v) is 48.3. The van der Waals surface area contributed by atoms with E-state index < -0.39 is 10.1 Å². The van der Waals surface area contributed by atoms with Crippen LogP contribution in [-0.4, -0.2) is 23.3 Å². The fourth-order valence-electron chi connectivity index (χ4n) is 10.3. The molecule has 410 valence electrons. The van der Waals surface area contributed by atoms with Crippen LogP contribution in [0.5, 0.6) is 0 Å². The lowest BCUT2D eigenvalue weighted by molar-refractivity contribution is -0.760. The topological polar surface area (TPSA) is 54.4 Å². The van der Waals surface area contributed by atoms with Gasteiger partial charge in [0.1, 0.15) is 18.6 Å². The molecular weight excluding hydrogens is 863 g/mol. The van der Waals surface area contributed by atoms with Crippen LogP contribution in [0.15, 0.2) is 36.8 Å². The average molecular weight is 990 g/mol. The highest BCUT2D eigenvalue weighted by atomic mass is 32.2. The molecule has 0 aromatic rings. The Morgan fingerprint density at radius 2 is 0.406 bits per heavy atom. The summed E-state index contributed by atoms with van der Waals surface area (Å²) in [6, 6.07) is 0. The lowest BCUT2D eigenvalue weighted by Gasteiger charge is -2.25. The minimum absolute atomic E-state index is 0.0513. The predicted molar refractivity (Wildman–Crippen MR) is 310 cm³/mol. The van der Waals surface area contributed by atoms with Gasteiger partial charge in [-0.3, -0.25) is 4.55 Å². The molecule has 0 spiro atoms. The summed E-state index contributed by atoms with van der Waals surface area (Å²) < 4.78 is 35.2. The quantitative estimate of drug-likeness (QED) is 0.0375. The van der Waals surface area contributed by atoms with Crippen molar-refractivity contribution in [3.05, 3.63) is 36.8 Å². The molecule has 0 bridgehead atoms. The van der Waals surface area contributed by atoms with Gasteiger partial charge >= 0.3 is 10.1 Å². The Hall–Kier alpha value is -0.910. The van der Waals surface area contributed by atoms with E-state index in [2.05, 4.69) is 39.0 Å². The van der Waals surface area contributed by atoms with Gasteiger partial charge in [-0.25, -0.2) is 4.48 Å². The first kappa shape index (κ1) is 68.1. The van der Waals surface area contributed by atoms with Gasteiger partial charge in [-0.15, -0.1) is 0 Å². The van der Waals surface area contributed by atoms with E-state index in [0.29, 0.717) is 0 Å². The second-order valence-corrected chi connectivity index (χ2v) is 23.6. The van der Waals surface area contributed by atoms with Gasteiger partial charge in [0.15, 0.2) is 0 Å². The van der Waals surface area contributed by atoms with Crippen molar-refractivity contribution in [2.75, 3.05) is 5.88 Å². The van der Waals surface area contributed by atoms with Gasteiger partial charge in [-0.2, -0.15) is 8.42 Å². The highest BCUT2D eigenvalue weighted by Crippen LogP contribution is 2.21. The average Bonchev–Trinajstić information content (AvgIpc) is 3.33. The molecule has 0 radical (unpaired) electrons. The van der Waals surface area contributed by atoms with Crippen molar-refractivity contribution in [3.63, 3.8) is 0 Å². The highest BCUT2D eigenvalue weighted by Gasteiger charge is 2.26. The molecule has 0 aromatic carbocycles. The van der Waals surface area contributed by atoms with Crippen LogP contribution in [0, 0.1) is 0 Å². The fraction of sp³-hybridized carbons (Fsp3) is 0.906. The van der Waals surface area contributed by atoms with E-state index in [-0.39, 0.29) is 10.4 Å². The molecule has 0 atom stereocenters. The summed E-state index contributed by atoms with van der Waals surface area (Å²) in [6.07, 6.45) is 85.3. The highest BCUT2D eigenvalue weighted by molar-refractivity contribution is 7.85. The summed E-state index contributed by atoms with van der Waals surface area (Å²) in [5.74, 6) is -0.340. The molecule has 5 heteroatoms. The third kappa shape index (κ3) is 56.2. The molecule has 69 heavy (non-hydrogen) atoms. The summed E-state index contributed by atoms with van der Waals surface area (Å²) in [4.78, 5) is 0. The third-order valence-electron chi connectivity index (χ3n) is 15.0. The molecule has 0 saturated carbocycles. The zero-order valence-electron chi connectivity index (χ0n) is 47.5. The Balaban J connectivity index is 4.69. The normalized spacial score (nSPS) is 12.6. The van der Waals surface area contributed by atoms with Crippen molar-refractivity contribution in [2.24, 2.45) is 0 Å². The maximum atomic E-state index is 12.5. The van der Waals surface area contributed by atoms with Gasteiger partial charge in [0.05, 0.1) is 0 Å². The number of quaternary nitrogens is 1. The minimum Gasteiger partial charge on any atom is -0.281 e. The summed E-state index contributed by atoms with van der Waals surface area (Å²) >= 11 is 0. The molecule has 0 unspecified atom stereocenters. The number of hydrogen-bond acceptors (Lipinski definition) is 2. The molecule has 0 heterocycles. The summed E-state index contributed by atoms with van der Waals surface area (Å²) in [5.41, 5.74) is 0. The van der Waals surface area contributed by atoms with E-state index in [1.54, 1.807) is 0 Å². The van der Waals surface area contributed by atoms with Gasteiger partial charge in [-0.1, -0.05) is 329 Å². The second kappa shape index (κ2) is 56.4. The summed E-state index contributed by atoms with van der Waals surface area (Å²) in [7, 11) is -4.19.